The average Bonchev–Trinajstić information content (AvgIpc) is 3.22. The van der Waals surface area contributed by atoms with Gasteiger partial charge >= 0.3 is 0 Å². The molecule has 1 saturated heterocycles. The van der Waals surface area contributed by atoms with Gasteiger partial charge in [0.25, 0.3) is 0 Å². The van der Waals surface area contributed by atoms with E-state index in [9.17, 15) is 4.79 Å². The van der Waals surface area contributed by atoms with Crippen molar-refractivity contribution in [1.29, 1.82) is 0 Å². The summed E-state index contributed by atoms with van der Waals surface area (Å²) >= 11 is 0. The molecule has 3 heterocycles. The SMILES string of the molecule is CC1CN(c2c(C=O)cc3c(-n4ccnn4)noc3c2F)CC(C)O1. The van der Waals surface area contributed by atoms with Crippen LogP contribution in [0.1, 0.15) is 24.2 Å². The smallest absolute Gasteiger partial charge is 0.206 e. The van der Waals surface area contributed by atoms with Crippen LogP contribution in [0.5, 0.6) is 0 Å². The van der Waals surface area contributed by atoms with Gasteiger partial charge in [0.1, 0.15) is 0 Å². The van der Waals surface area contributed by atoms with Gasteiger partial charge in [0.05, 0.1) is 35.7 Å². The number of rotatable bonds is 3. The van der Waals surface area contributed by atoms with Crippen molar-refractivity contribution in [3.63, 3.8) is 0 Å². The number of anilines is 1. The maximum absolute atomic E-state index is 15.2. The Kier molecular flexibility index (Phi) is 3.72. The van der Waals surface area contributed by atoms with Gasteiger partial charge in [-0.2, -0.15) is 4.68 Å². The minimum absolute atomic E-state index is 0.0158. The highest BCUT2D eigenvalue weighted by atomic mass is 19.1. The molecule has 1 aliphatic heterocycles. The van der Waals surface area contributed by atoms with Crippen LogP contribution in [0.4, 0.5) is 10.1 Å². The predicted octanol–water partition coefficient (Wildman–Crippen LogP) is 1.97. The first-order valence-electron chi connectivity index (χ1n) is 7.92. The van der Waals surface area contributed by atoms with Gasteiger partial charge in [0.2, 0.25) is 11.4 Å². The van der Waals surface area contributed by atoms with Crippen LogP contribution in [0.3, 0.4) is 0 Å². The maximum atomic E-state index is 15.2. The topological polar surface area (TPSA) is 86.3 Å². The lowest BCUT2D eigenvalue weighted by molar-refractivity contribution is -0.00543. The molecule has 3 aromatic rings. The molecule has 0 N–H and O–H groups in total. The first-order chi connectivity index (χ1) is 12.1. The summed E-state index contributed by atoms with van der Waals surface area (Å²) in [5.74, 6) is -0.329. The van der Waals surface area contributed by atoms with Crippen molar-refractivity contribution in [2.75, 3.05) is 18.0 Å². The number of aromatic nitrogens is 4. The Balaban J connectivity index is 1.88. The van der Waals surface area contributed by atoms with Crippen molar-refractivity contribution < 1.29 is 18.4 Å². The van der Waals surface area contributed by atoms with Gasteiger partial charge in [-0.25, -0.2) is 4.39 Å². The third-order valence-electron chi connectivity index (χ3n) is 4.19. The molecule has 1 aromatic carbocycles. The monoisotopic (exact) mass is 345 g/mol. The summed E-state index contributed by atoms with van der Waals surface area (Å²) in [6.07, 6.45) is 3.54. The zero-order chi connectivity index (χ0) is 17.6. The van der Waals surface area contributed by atoms with Gasteiger partial charge in [-0.3, -0.25) is 4.79 Å². The van der Waals surface area contributed by atoms with Crippen molar-refractivity contribution in [2.24, 2.45) is 0 Å². The van der Waals surface area contributed by atoms with Gasteiger partial charge in [0, 0.05) is 18.7 Å². The molecular weight excluding hydrogens is 329 g/mol. The normalized spacial score (nSPS) is 21.0. The van der Waals surface area contributed by atoms with E-state index in [2.05, 4.69) is 15.5 Å². The van der Waals surface area contributed by atoms with Gasteiger partial charge in [-0.15, -0.1) is 5.10 Å². The highest BCUT2D eigenvalue weighted by Gasteiger charge is 2.29. The van der Waals surface area contributed by atoms with E-state index in [0.29, 0.717) is 24.8 Å². The highest BCUT2D eigenvalue weighted by Crippen LogP contribution is 2.34. The zero-order valence-electron chi connectivity index (χ0n) is 13.7. The molecule has 0 bridgehead atoms. The Morgan fingerprint density at radius 2 is 2.08 bits per heavy atom. The quantitative estimate of drug-likeness (QED) is 0.671. The first-order valence-corrected chi connectivity index (χ1v) is 7.92. The summed E-state index contributed by atoms with van der Waals surface area (Å²) in [7, 11) is 0. The molecule has 9 heteroatoms. The first kappa shape index (κ1) is 15.7. The lowest BCUT2D eigenvalue weighted by atomic mass is 10.1. The second-order valence-corrected chi connectivity index (χ2v) is 6.14. The van der Waals surface area contributed by atoms with Gasteiger partial charge in [0.15, 0.2) is 12.1 Å². The third kappa shape index (κ3) is 2.56. The van der Waals surface area contributed by atoms with Crippen LogP contribution in [-0.2, 0) is 4.74 Å². The standard InChI is InChI=1S/C16H16FN5O3/c1-9-6-21(7-10(2)24-9)14-11(8-23)5-12-15(13(14)17)25-19-16(12)22-4-3-18-20-22/h3-5,8-10H,6-7H2,1-2H3. The zero-order valence-corrected chi connectivity index (χ0v) is 13.7. The summed E-state index contributed by atoms with van der Waals surface area (Å²) in [5, 5.41) is 11.8. The molecule has 130 valence electrons. The van der Waals surface area contributed by atoms with Crippen molar-refractivity contribution in [3.05, 3.63) is 29.8 Å². The Morgan fingerprint density at radius 3 is 2.72 bits per heavy atom. The number of fused-ring (bicyclic) bond motifs is 1. The molecule has 0 spiro atoms. The van der Waals surface area contributed by atoms with Crippen molar-refractivity contribution in [3.8, 4) is 5.82 Å². The largest absolute Gasteiger partial charge is 0.372 e. The molecule has 1 aliphatic rings. The Bertz CT molecular complexity index is 914. The van der Waals surface area contributed by atoms with E-state index in [1.54, 1.807) is 12.3 Å². The van der Waals surface area contributed by atoms with E-state index in [-0.39, 0.29) is 34.9 Å². The number of aldehydes is 1. The molecule has 0 saturated carbocycles. The van der Waals surface area contributed by atoms with Gasteiger partial charge < -0.3 is 14.2 Å². The van der Waals surface area contributed by atoms with Crippen LogP contribution in [0.25, 0.3) is 16.8 Å². The molecule has 0 aliphatic carbocycles. The predicted molar refractivity (Wildman–Crippen MR) is 86.5 cm³/mol. The molecule has 2 atom stereocenters. The van der Waals surface area contributed by atoms with Crippen LogP contribution in [0, 0.1) is 5.82 Å². The van der Waals surface area contributed by atoms with Crippen LogP contribution in [0.2, 0.25) is 0 Å². The second-order valence-electron chi connectivity index (χ2n) is 6.14. The fraction of sp³-hybridized carbons (Fsp3) is 0.375. The minimum atomic E-state index is -0.611. The van der Waals surface area contributed by atoms with Crippen molar-refractivity contribution in [1.82, 2.24) is 20.2 Å². The van der Waals surface area contributed by atoms with E-state index in [4.69, 9.17) is 9.26 Å². The number of ether oxygens (including phenoxy) is 1. The van der Waals surface area contributed by atoms with Crippen molar-refractivity contribution >= 4 is 22.9 Å². The molecule has 8 nitrogen and oxygen atoms in total. The lowest BCUT2D eigenvalue weighted by Crippen LogP contribution is -2.46. The molecule has 1 fully saturated rings. The lowest BCUT2D eigenvalue weighted by Gasteiger charge is -2.37. The average molecular weight is 345 g/mol. The molecular formula is C16H16FN5O3. The number of morpholine rings is 1. The maximum Gasteiger partial charge on any atom is 0.206 e. The molecule has 2 aromatic heterocycles. The minimum Gasteiger partial charge on any atom is -0.372 e. The fourth-order valence-corrected chi connectivity index (χ4v) is 3.29. The summed E-state index contributed by atoms with van der Waals surface area (Å²) in [5.41, 5.74) is 0.430. The van der Waals surface area contributed by atoms with Gasteiger partial charge in [-0.1, -0.05) is 10.4 Å². The van der Waals surface area contributed by atoms with Crippen LogP contribution < -0.4 is 4.90 Å². The summed E-state index contributed by atoms with van der Waals surface area (Å²) in [6.45, 7) is 4.79. The van der Waals surface area contributed by atoms with E-state index < -0.39 is 5.82 Å². The highest BCUT2D eigenvalue weighted by molar-refractivity contribution is 5.97. The second kappa shape index (κ2) is 5.92. The van der Waals surface area contributed by atoms with E-state index >= 15 is 4.39 Å². The number of halogens is 1. The Labute approximate surface area is 142 Å². The van der Waals surface area contributed by atoms with Crippen LogP contribution in [0.15, 0.2) is 23.0 Å². The summed E-state index contributed by atoms with van der Waals surface area (Å²) in [6, 6.07) is 1.57. The molecule has 0 amide bonds. The third-order valence-corrected chi connectivity index (χ3v) is 4.19. The molecule has 0 radical (unpaired) electrons. The van der Waals surface area contributed by atoms with Crippen LogP contribution >= 0.6 is 0 Å². The molecule has 4 rings (SSSR count). The number of hydrogen-bond acceptors (Lipinski definition) is 7. The van der Waals surface area contributed by atoms with Crippen LogP contribution in [-0.4, -0.2) is 51.7 Å². The summed E-state index contributed by atoms with van der Waals surface area (Å²) < 4.78 is 27.4. The van der Waals surface area contributed by atoms with E-state index in [1.165, 1.54) is 10.9 Å². The number of benzene rings is 1. The number of carbonyl (C=O) groups excluding carboxylic acids is 1. The molecule has 2 unspecified atom stereocenters. The van der Waals surface area contributed by atoms with Crippen molar-refractivity contribution in [2.45, 2.75) is 26.1 Å². The van der Waals surface area contributed by atoms with E-state index in [1.807, 2.05) is 18.7 Å². The number of hydrogen-bond donors (Lipinski definition) is 0. The Hall–Kier alpha value is -2.81. The Morgan fingerprint density at radius 1 is 1.32 bits per heavy atom. The summed E-state index contributed by atoms with van der Waals surface area (Å²) in [4.78, 5) is 13.5. The number of nitrogens with zero attached hydrogens (tertiary/aromatic N) is 5. The fourth-order valence-electron chi connectivity index (χ4n) is 3.29. The van der Waals surface area contributed by atoms with E-state index in [0.717, 1.165) is 0 Å². The van der Waals surface area contributed by atoms with Gasteiger partial charge in [-0.05, 0) is 19.9 Å². The molecule has 25 heavy (non-hydrogen) atoms. The number of carbonyl (C=O) groups is 1.